The Morgan fingerprint density at radius 3 is 2.19 bits per heavy atom. The van der Waals surface area contributed by atoms with Crippen LogP contribution in [0.15, 0.2) is 0 Å². The van der Waals surface area contributed by atoms with Crippen molar-refractivity contribution in [1.82, 2.24) is 26.2 Å². The molecule has 0 radical (unpaired) electrons. The number of halogens is 3. The van der Waals surface area contributed by atoms with Crippen LogP contribution in [0.25, 0.3) is 0 Å². The van der Waals surface area contributed by atoms with Gasteiger partial charge < -0.3 is 26.2 Å². The minimum atomic E-state index is -5.17. The highest BCUT2D eigenvalue weighted by atomic mass is 19.4. The van der Waals surface area contributed by atoms with E-state index in [1.54, 1.807) is 20.8 Å². The summed E-state index contributed by atoms with van der Waals surface area (Å²) in [5, 5.41) is 9.76. The summed E-state index contributed by atoms with van der Waals surface area (Å²) in [6.07, 6.45) is -1.10. The first-order valence-corrected chi connectivity index (χ1v) is 14.7. The number of rotatable bonds is 9. The van der Waals surface area contributed by atoms with Crippen LogP contribution in [0.1, 0.15) is 72.1 Å². The zero-order valence-corrected chi connectivity index (χ0v) is 24.1. The Kier molecular flexibility index (Phi) is 9.22. The van der Waals surface area contributed by atoms with Crippen molar-refractivity contribution in [1.29, 1.82) is 0 Å². The summed E-state index contributed by atoms with van der Waals surface area (Å²) in [5.41, 5.74) is -0.741. The first-order valence-electron chi connectivity index (χ1n) is 14.7. The van der Waals surface area contributed by atoms with E-state index in [-0.39, 0.29) is 30.7 Å². The lowest BCUT2D eigenvalue weighted by Gasteiger charge is -2.37. The minimum Gasteiger partial charge on any atom is -0.356 e. The lowest BCUT2D eigenvalue weighted by atomic mass is 9.79. The Bertz CT molecular complexity index is 1120. The highest BCUT2D eigenvalue weighted by Crippen LogP contribution is 2.43. The summed E-state index contributed by atoms with van der Waals surface area (Å²) in [7, 11) is 0. The molecule has 4 rings (SSSR count). The van der Waals surface area contributed by atoms with E-state index >= 15 is 0 Å². The Morgan fingerprint density at radius 1 is 0.976 bits per heavy atom. The molecule has 0 spiro atoms. The van der Waals surface area contributed by atoms with E-state index in [1.165, 1.54) is 4.90 Å². The van der Waals surface area contributed by atoms with Crippen LogP contribution in [0.5, 0.6) is 0 Å². The highest BCUT2D eigenvalue weighted by molar-refractivity contribution is 6.38. The van der Waals surface area contributed by atoms with E-state index in [0.29, 0.717) is 38.6 Å². The number of hydrogen-bond donors (Lipinski definition) is 4. The number of carbonyl (C=O) groups excluding carboxylic acids is 6. The first kappa shape index (κ1) is 31.7. The summed E-state index contributed by atoms with van der Waals surface area (Å²) in [6, 6.07) is -3.87. The van der Waals surface area contributed by atoms with Crippen molar-refractivity contribution < 1.29 is 41.9 Å². The van der Waals surface area contributed by atoms with Crippen molar-refractivity contribution in [3.63, 3.8) is 0 Å². The van der Waals surface area contributed by atoms with Crippen molar-refractivity contribution >= 4 is 35.3 Å². The van der Waals surface area contributed by atoms with Gasteiger partial charge in [0.05, 0.1) is 6.04 Å². The molecule has 4 fully saturated rings. The average Bonchev–Trinajstić information content (AvgIpc) is 3.55. The largest absolute Gasteiger partial charge is 0.471 e. The quantitative estimate of drug-likeness (QED) is 0.290. The summed E-state index contributed by atoms with van der Waals surface area (Å²) in [4.78, 5) is 79.1. The van der Waals surface area contributed by atoms with E-state index in [0.717, 1.165) is 12.8 Å². The topological polar surface area (TPSA) is 154 Å². The van der Waals surface area contributed by atoms with Crippen LogP contribution in [0.3, 0.4) is 0 Å². The number of likely N-dealkylation sites (tertiary alicyclic amines) is 1. The molecule has 2 heterocycles. The van der Waals surface area contributed by atoms with Crippen molar-refractivity contribution in [2.45, 2.75) is 102 Å². The first-order chi connectivity index (χ1) is 19.6. The fraction of sp³-hybridized carbons (Fsp3) is 0.786. The minimum absolute atomic E-state index is 0.0657. The zero-order chi connectivity index (χ0) is 31.0. The molecule has 0 bridgehead atoms. The Balaban J connectivity index is 1.58. The molecule has 234 valence electrons. The van der Waals surface area contributed by atoms with E-state index in [4.69, 9.17) is 0 Å². The number of nitrogens with zero attached hydrogens (tertiary/aromatic N) is 1. The van der Waals surface area contributed by atoms with E-state index in [9.17, 15) is 41.9 Å². The van der Waals surface area contributed by atoms with Crippen molar-refractivity contribution in [2.24, 2.45) is 23.7 Å². The van der Waals surface area contributed by atoms with Gasteiger partial charge in [0.2, 0.25) is 23.5 Å². The Labute approximate surface area is 242 Å². The number of ketones is 1. The summed E-state index contributed by atoms with van der Waals surface area (Å²) in [5.74, 6) is -7.26. The monoisotopic (exact) mass is 599 g/mol. The normalized spacial score (nSPS) is 27.4. The smallest absolute Gasteiger partial charge is 0.356 e. The number of alkyl halides is 3. The van der Waals surface area contributed by atoms with Crippen molar-refractivity contribution in [3.8, 4) is 0 Å². The van der Waals surface area contributed by atoms with Gasteiger partial charge in [-0.2, -0.15) is 13.2 Å². The molecule has 42 heavy (non-hydrogen) atoms. The predicted octanol–water partition coefficient (Wildman–Crippen LogP) is 0.956. The molecule has 0 aromatic heterocycles. The van der Waals surface area contributed by atoms with Crippen LogP contribution in [-0.4, -0.2) is 83.1 Å². The van der Waals surface area contributed by atoms with Gasteiger partial charge in [-0.05, 0) is 77.0 Å². The molecule has 4 aliphatic rings. The van der Waals surface area contributed by atoms with Crippen LogP contribution >= 0.6 is 0 Å². The standard InChI is InChI=1S/C28H40F3N5O6/c1-27(2,3)35-24(40)21(37)18(12-15-10-11-32-22(15)38)33-23(39)20-17-9-5-8-16(17)13-36(20)25(41)19(14-6-4-7-14)34-26(42)28(29,30)31/h14-20H,4-13H2,1-3H3,(H,32,38)(H,33,39)(H,34,42)(H,35,40)/t15-,16-,17-,18-,19-,20-/m0/s1. The molecule has 4 N–H and O–H groups in total. The predicted molar refractivity (Wildman–Crippen MR) is 142 cm³/mol. The third-order valence-electron chi connectivity index (χ3n) is 8.90. The maximum absolute atomic E-state index is 13.9. The average molecular weight is 600 g/mol. The number of carbonyl (C=O) groups is 6. The van der Waals surface area contributed by atoms with Gasteiger partial charge in [0.25, 0.3) is 5.91 Å². The molecule has 14 heteroatoms. The summed E-state index contributed by atoms with van der Waals surface area (Å²) in [6.45, 7) is 5.60. The van der Waals surface area contributed by atoms with Gasteiger partial charge in [-0.25, -0.2) is 0 Å². The fourth-order valence-corrected chi connectivity index (χ4v) is 6.63. The van der Waals surface area contributed by atoms with Gasteiger partial charge in [0.1, 0.15) is 12.1 Å². The van der Waals surface area contributed by atoms with Crippen LogP contribution in [0.2, 0.25) is 0 Å². The molecular formula is C28H40F3N5O6. The molecule has 2 saturated heterocycles. The maximum Gasteiger partial charge on any atom is 0.471 e. The molecule has 11 nitrogen and oxygen atoms in total. The third kappa shape index (κ3) is 7.05. The molecule has 6 atom stereocenters. The van der Waals surface area contributed by atoms with Crippen molar-refractivity contribution in [3.05, 3.63) is 0 Å². The van der Waals surface area contributed by atoms with Gasteiger partial charge in [-0.1, -0.05) is 12.8 Å². The van der Waals surface area contributed by atoms with E-state index in [2.05, 4.69) is 16.0 Å². The fourth-order valence-electron chi connectivity index (χ4n) is 6.63. The number of hydrogen-bond acceptors (Lipinski definition) is 6. The third-order valence-corrected chi connectivity index (χ3v) is 8.90. The van der Waals surface area contributed by atoms with Gasteiger partial charge in [0.15, 0.2) is 0 Å². The van der Waals surface area contributed by atoms with Gasteiger partial charge in [0, 0.05) is 24.5 Å². The van der Waals surface area contributed by atoms with Gasteiger partial charge in [-0.15, -0.1) is 0 Å². The van der Waals surface area contributed by atoms with Crippen LogP contribution in [-0.2, 0) is 28.8 Å². The Hall–Kier alpha value is -3.19. The molecule has 0 aromatic rings. The molecule has 2 aliphatic carbocycles. The molecule has 2 aliphatic heterocycles. The lowest BCUT2D eigenvalue weighted by Crippen LogP contribution is -2.60. The summed E-state index contributed by atoms with van der Waals surface area (Å²) >= 11 is 0. The van der Waals surface area contributed by atoms with Crippen LogP contribution < -0.4 is 21.3 Å². The van der Waals surface area contributed by atoms with Gasteiger partial charge in [-0.3, -0.25) is 28.8 Å². The van der Waals surface area contributed by atoms with Crippen molar-refractivity contribution in [2.75, 3.05) is 13.1 Å². The van der Waals surface area contributed by atoms with E-state index < -0.39 is 71.1 Å². The number of Topliss-reactive ketones (excluding diaryl/α,β-unsaturated/α-hetero) is 1. The molecule has 2 saturated carbocycles. The highest BCUT2D eigenvalue weighted by Gasteiger charge is 2.53. The van der Waals surface area contributed by atoms with Crippen LogP contribution in [0.4, 0.5) is 13.2 Å². The zero-order valence-electron chi connectivity index (χ0n) is 24.1. The Morgan fingerprint density at radius 2 is 1.64 bits per heavy atom. The maximum atomic E-state index is 13.9. The number of nitrogens with one attached hydrogen (secondary N) is 4. The molecular weight excluding hydrogens is 559 g/mol. The molecule has 5 amide bonds. The van der Waals surface area contributed by atoms with E-state index in [1.807, 2.05) is 5.32 Å². The van der Waals surface area contributed by atoms with Crippen LogP contribution in [0, 0.1) is 23.7 Å². The number of fused-ring (bicyclic) bond motifs is 1. The summed E-state index contributed by atoms with van der Waals surface area (Å²) < 4.78 is 39.3. The molecule has 0 unspecified atom stereocenters. The molecule has 0 aromatic carbocycles. The lowest BCUT2D eigenvalue weighted by molar-refractivity contribution is -0.176. The van der Waals surface area contributed by atoms with Gasteiger partial charge >= 0.3 is 12.1 Å². The second-order valence-electron chi connectivity index (χ2n) is 13.1. The SMILES string of the molecule is CC(C)(C)NC(=O)C(=O)[C@H](C[C@@H]1CCNC1=O)NC(=O)[C@@H]1[C@H]2CCC[C@H]2CN1C(=O)[C@@H](NC(=O)C(F)(F)F)C1CCC1. The second-order valence-corrected chi connectivity index (χ2v) is 13.1. The second kappa shape index (κ2) is 12.2. The number of amides is 5.